The standard InChI is InChI=1S/C11H13N3O5/c1-6-9(13-14-12)7(11(16)17)5-8(18-2)10(6)19-4-3-15/h5,15H,3-4H2,1-2H3,(H,16,17). The number of nitrogens with zero attached hydrogens (tertiary/aromatic N) is 3. The van der Waals surface area contributed by atoms with Gasteiger partial charge in [0.2, 0.25) is 0 Å². The van der Waals surface area contributed by atoms with Crippen LogP contribution in [0.1, 0.15) is 15.9 Å². The number of aliphatic hydroxyl groups is 1. The fourth-order valence-electron chi connectivity index (χ4n) is 1.57. The molecule has 1 rings (SSSR count). The molecule has 0 heterocycles. The maximum absolute atomic E-state index is 11.1. The summed E-state index contributed by atoms with van der Waals surface area (Å²) in [5.41, 5.74) is 8.62. The minimum Gasteiger partial charge on any atom is -0.493 e. The van der Waals surface area contributed by atoms with Crippen molar-refractivity contribution in [2.75, 3.05) is 20.3 Å². The van der Waals surface area contributed by atoms with E-state index in [1.54, 1.807) is 6.92 Å². The first-order chi connectivity index (χ1) is 9.06. The van der Waals surface area contributed by atoms with Gasteiger partial charge in [-0.05, 0) is 18.5 Å². The molecule has 0 radical (unpaired) electrons. The van der Waals surface area contributed by atoms with Gasteiger partial charge in [0.05, 0.1) is 25.0 Å². The molecule has 0 fully saturated rings. The molecule has 0 aromatic heterocycles. The molecular weight excluding hydrogens is 254 g/mol. The van der Waals surface area contributed by atoms with Crippen LogP contribution < -0.4 is 9.47 Å². The zero-order valence-electron chi connectivity index (χ0n) is 10.5. The molecule has 0 spiro atoms. The fraction of sp³-hybridized carbons (Fsp3) is 0.364. The quantitative estimate of drug-likeness (QED) is 0.463. The third-order valence-corrected chi connectivity index (χ3v) is 2.38. The number of aromatic carboxylic acids is 1. The van der Waals surface area contributed by atoms with Crippen LogP contribution >= 0.6 is 0 Å². The minimum atomic E-state index is -1.24. The Morgan fingerprint density at radius 2 is 2.26 bits per heavy atom. The third-order valence-electron chi connectivity index (χ3n) is 2.38. The van der Waals surface area contributed by atoms with Crippen molar-refractivity contribution in [3.05, 3.63) is 27.6 Å². The molecule has 0 atom stereocenters. The van der Waals surface area contributed by atoms with Gasteiger partial charge in [-0.1, -0.05) is 5.11 Å². The van der Waals surface area contributed by atoms with E-state index in [0.29, 0.717) is 5.56 Å². The maximum atomic E-state index is 11.1. The number of methoxy groups -OCH3 is 1. The number of azide groups is 1. The van der Waals surface area contributed by atoms with Crippen molar-refractivity contribution in [1.29, 1.82) is 0 Å². The van der Waals surface area contributed by atoms with Gasteiger partial charge in [0.15, 0.2) is 11.5 Å². The van der Waals surface area contributed by atoms with Crippen LogP contribution in [-0.4, -0.2) is 36.5 Å². The van der Waals surface area contributed by atoms with Crippen LogP contribution in [0.5, 0.6) is 11.5 Å². The molecule has 8 heteroatoms. The summed E-state index contributed by atoms with van der Waals surface area (Å²) in [5, 5.41) is 21.2. The van der Waals surface area contributed by atoms with Crippen molar-refractivity contribution in [3.8, 4) is 11.5 Å². The first-order valence-electron chi connectivity index (χ1n) is 5.30. The Morgan fingerprint density at radius 3 is 2.74 bits per heavy atom. The molecule has 0 aliphatic heterocycles. The summed E-state index contributed by atoms with van der Waals surface area (Å²) in [5.74, 6) is -0.804. The van der Waals surface area contributed by atoms with E-state index in [0.717, 1.165) is 0 Å². The number of carboxylic acids is 1. The SMILES string of the molecule is COc1cc(C(=O)O)c(N=[N+]=[N-])c(C)c1OCCO. The van der Waals surface area contributed by atoms with E-state index >= 15 is 0 Å². The van der Waals surface area contributed by atoms with E-state index in [9.17, 15) is 4.79 Å². The summed E-state index contributed by atoms with van der Waals surface area (Å²) < 4.78 is 10.3. The van der Waals surface area contributed by atoms with E-state index in [-0.39, 0.29) is 36.0 Å². The number of hydrogen-bond acceptors (Lipinski definition) is 5. The molecule has 1 aromatic carbocycles. The van der Waals surface area contributed by atoms with E-state index in [2.05, 4.69) is 10.0 Å². The van der Waals surface area contributed by atoms with Crippen molar-refractivity contribution >= 4 is 11.7 Å². The highest BCUT2D eigenvalue weighted by Crippen LogP contribution is 2.40. The number of hydrogen-bond donors (Lipinski definition) is 2. The summed E-state index contributed by atoms with van der Waals surface area (Å²) in [6.07, 6.45) is 0. The Labute approximate surface area is 108 Å². The lowest BCUT2D eigenvalue weighted by Crippen LogP contribution is -2.07. The highest BCUT2D eigenvalue weighted by Gasteiger charge is 2.20. The molecular formula is C11H13N3O5. The molecule has 0 aliphatic carbocycles. The Kier molecular flexibility index (Phi) is 4.99. The number of ether oxygens (including phenoxy) is 2. The van der Waals surface area contributed by atoms with Gasteiger partial charge in [0, 0.05) is 10.5 Å². The van der Waals surface area contributed by atoms with E-state index in [4.69, 9.17) is 25.2 Å². The van der Waals surface area contributed by atoms with E-state index in [1.165, 1.54) is 13.2 Å². The van der Waals surface area contributed by atoms with E-state index in [1.807, 2.05) is 0 Å². The molecule has 2 N–H and O–H groups in total. The number of carbonyl (C=O) groups is 1. The first-order valence-corrected chi connectivity index (χ1v) is 5.30. The Morgan fingerprint density at radius 1 is 1.58 bits per heavy atom. The number of aliphatic hydroxyl groups excluding tert-OH is 1. The van der Waals surface area contributed by atoms with Gasteiger partial charge in [-0.3, -0.25) is 0 Å². The van der Waals surface area contributed by atoms with Gasteiger partial charge in [-0.15, -0.1) is 0 Å². The molecule has 0 amide bonds. The maximum Gasteiger partial charge on any atom is 0.336 e. The van der Waals surface area contributed by atoms with Crippen molar-refractivity contribution < 1.29 is 24.5 Å². The van der Waals surface area contributed by atoms with Crippen LogP contribution in [0.2, 0.25) is 0 Å². The van der Waals surface area contributed by atoms with Crippen LogP contribution in [0, 0.1) is 6.92 Å². The Bertz CT molecular complexity index is 538. The monoisotopic (exact) mass is 267 g/mol. The zero-order chi connectivity index (χ0) is 14.4. The average molecular weight is 267 g/mol. The fourth-order valence-corrected chi connectivity index (χ4v) is 1.57. The summed E-state index contributed by atoms with van der Waals surface area (Å²) >= 11 is 0. The highest BCUT2D eigenvalue weighted by atomic mass is 16.5. The van der Waals surface area contributed by atoms with Crippen LogP contribution in [-0.2, 0) is 0 Å². The average Bonchev–Trinajstić information content (AvgIpc) is 2.39. The minimum absolute atomic E-state index is 0.0132. The molecule has 8 nitrogen and oxygen atoms in total. The largest absolute Gasteiger partial charge is 0.493 e. The van der Waals surface area contributed by atoms with Gasteiger partial charge in [-0.25, -0.2) is 4.79 Å². The Hall–Kier alpha value is -2.44. The summed E-state index contributed by atoms with van der Waals surface area (Å²) in [7, 11) is 1.36. The second-order valence-corrected chi connectivity index (χ2v) is 3.50. The van der Waals surface area contributed by atoms with Gasteiger partial charge in [0.1, 0.15) is 6.61 Å². The molecule has 19 heavy (non-hydrogen) atoms. The number of rotatable bonds is 6. The second kappa shape index (κ2) is 6.48. The van der Waals surface area contributed by atoms with Crippen molar-refractivity contribution in [1.82, 2.24) is 0 Å². The molecule has 0 unspecified atom stereocenters. The molecule has 102 valence electrons. The lowest BCUT2D eigenvalue weighted by Gasteiger charge is -2.15. The first kappa shape index (κ1) is 14.6. The number of benzene rings is 1. The molecule has 0 saturated carbocycles. The van der Waals surface area contributed by atoms with Crippen LogP contribution in [0.25, 0.3) is 10.4 Å². The smallest absolute Gasteiger partial charge is 0.336 e. The van der Waals surface area contributed by atoms with Crippen LogP contribution in [0.4, 0.5) is 5.69 Å². The third kappa shape index (κ3) is 3.06. The van der Waals surface area contributed by atoms with Crippen molar-refractivity contribution in [2.24, 2.45) is 5.11 Å². The van der Waals surface area contributed by atoms with Crippen molar-refractivity contribution in [3.63, 3.8) is 0 Å². The lowest BCUT2D eigenvalue weighted by molar-refractivity contribution is 0.0697. The van der Waals surface area contributed by atoms with Gasteiger partial charge >= 0.3 is 5.97 Å². The predicted molar refractivity (Wildman–Crippen MR) is 66.1 cm³/mol. The molecule has 1 aromatic rings. The van der Waals surface area contributed by atoms with Gasteiger partial charge in [-0.2, -0.15) is 0 Å². The van der Waals surface area contributed by atoms with Gasteiger partial charge < -0.3 is 19.7 Å². The lowest BCUT2D eigenvalue weighted by atomic mass is 10.1. The zero-order valence-corrected chi connectivity index (χ0v) is 10.5. The normalized spacial score (nSPS) is 9.63. The molecule has 0 bridgehead atoms. The molecule has 0 saturated heterocycles. The topological polar surface area (TPSA) is 125 Å². The van der Waals surface area contributed by atoms with Gasteiger partial charge in [0.25, 0.3) is 0 Å². The Balaban J connectivity index is 3.51. The van der Waals surface area contributed by atoms with E-state index < -0.39 is 5.97 Å². The number of carboxylic acid groups (broad SMARTS) is 1. The summed E-state index contributed by atoms with van der Waals surface area (Å²) in [4.78, 5) is 13.7. The van der Waals surface area contributed by atoms with Crippen molar-refractivity contribution in [2.45, 2.75) is 6.92 Å². The molecule has 0 aliphatic rings. The van der Waals surface area contributed by atoms with Crippen LogP contribution in [0.15, 0.2) is 11.2 Å². The summed E-state index contributed by atoms with van der Waals surface area (Å²) in [6.45, 7) is 1.35. The summed E-state index contributed by atoms with van der Waals surface area (Å²) in [6, 6.07) is 1.21. The predicted octanol–water partition coefficient (Wildman–Crippen LogP) is 2.01. The van der Waals surface area contributed by atoms with Crippen LogP contribution in [0.3, 0.4) is 0 Å². The highest BCUT2D eigenvalue weighted by molar-refractivity contribution is 5.95. The second-order valence-electron chi connectivity index (χ2n) is 3.50.